The van der Waals surface area contributed by atoms with Gasteiger partial charge in [-0.05, 0) is 31.9 Å². The summed E-state index contributed by atoms with van der Waals surface area (Å²) in [6.45, 7) is 5.21. The molecule has 0 bridgehead atoms. The molecule has 2 N–H and O–H groups in total. The molecule has 0 aliphatic carbocycles. The Hall–Kier alpha value is -1.91. The van der Waals surface area contributed by atoms with E-state index >= 15 is 0 Å². The number of aliphatic imine (C=N–C) groups is 1. The molecule has 8 nitrogen and oxygen atoms in total. The first kappa shape index (κ1) is 23.1. The number of ether oxygens (including phenoxy) is 1. The van der Waals surface area contributed by atoms with E-state index in [1.807, 2.05) is 6.92 Å². The van der Waals surface area contributed by atoms with Crippen molar-refractivity contribution >= 4 is 41.8 Å². The van der Waals surface area contributed by atoms with E-state index in [1.165, 1.54) is 13.3 Å². The van der Waals surface area contributed by atoms with E-state index in [4.69, 9.17) is 4.74 Å². The number of halogens is 1. The molecule has 9 heteroatoms. The predicted molar refractivity (Wildman–Crippen MR) is 114 cm³/mol. The number of hydrogen-bond donors (Lipinski definition) is 2. The maximum absolute atomic E-state index is 12.0. The standard InChI is InChI=1S/C18H27N5O3.HI/c1-3-20-18(23-11-6-14(7-12-23)17(25)26-2)22-10-9-21-16(24)15-5-4-8-19-13-15;/h4-5,8,13-14H,3,6-7,9-12H2,1-2H3,(H,20,22)(H,21,24);1H. The third kappa shape index (κ3) is 7.31. The number of nitrogens with zero attached hydrogens (tertiary/aromatic N) is 3. The van der Waals surface area contributed by atoms with Crippen LogP contribution in [0.25, 0.3) is 0 Å². The fourth-order valence-electron chi connectivity index (χ4n) is 2.85. The molecule has 0 unspecified atom stereocenters. The normalized spacial score (nSPS) is 14.9. The van der Waals surface area contributed by atoms with Crippen molar-refractivity contribution in [3.8, 4) is 0 Å². The number of nitrogens with one attached hydrogen (secondary N) is 2. The lowest BCUT2D eigenvalue weighted by Gasteiger charge is -2.33. The summed E-state index contributed by atoms with van der Waals surface area (Å²) < 4.78 is 4.82. The Kier molecular flexibility index (Phi) is 10.7. The molecule has 2 heterocycles. The van der Waals surface area contributed by atoms with Gasteiger partial charge in [-0.15, -0.1) is 24.0 Å². The Morgan fingerprint density at radius 2 is 2.07 bits per heavy atom. The van der Waals surface area contributed by atoms with Gasteiger partial charge in [-0.3, -0.25) is 19.6 Å². The molecule has 150 valence electrons. The molecule has 1 aromatic heterocycles. The average Bonchev–Trinajstić information content (AvgIpc) is 2.70. The van der Waals surface area contributed by atoms with Crippen LogP contribution in [0.15, 0.2) is 29.5 Å². The van der Waals surface area contributed by atoms with Crippen LogP contribution >= 0.6 is 24.0 Å². The number of aromatic nitrogens is 1. The summed E-state index contributed by atoms with van der Waals surface area (Å²) in [5.74, 6) is 0.492. The molecular formula is C18H28IN5O3. The number of piperidine rings is 1. The van der Waals surface area contributed by atoms with Gasteiger partial charge >= 0.3 is 5.97 Å². The zero-order valence-corrected chi connectivity index (χ0v) is 18.1. The van der Waals surface area contributed by atoms with Crippen LogP contribution in [0.5, 0.6) is 0 Å². The maximum Gasteiger partial charge on any atom is 0.308 e. The SMILES string of the molecule is CCNC(=NCCNC(=O)c1cccnc1)N1CCC(C(=O)OC)CC1.I. The highest BCUT2D eigenvalue weighted by Gasteiger charge is 2.26. The molecule has 0 atom stereocenters. The van der Waals surface area contributed by atoms with E-state index in [0.717, 1.165) is 38.4 Å². The fraction of sp³-hybridized carbons (Fsp3) is 0.556. The van der Waals surface area contributed by atoms with Crippen molar-refractivity contribution in [2.24, 2.45) is 10.9 Å². The zero-order valence-electron chi connectivity index (χ0n) is 15.8. The Labute approximate surface area is 177 Å². The van der Waals surface area contributed by atoms with Crippen LogP contribution in [0.4, 0.5) is 0 Å². The molecule has 1 aromatic rings. The minimum absolute atomic E-state index is 0. The van der Waals surface area contributed by atoms with Crippen LogP contribution in [-0.2, 0) is 9.53 Å². The second-order valence-corrected chi connectivity index (χ2v) is 6.02. The Morgan fingerprint density at radius 3 is 2.67 bits per heavy atom. The molecule has 2 rings (SSSR count). The second kappa shape index (κ2) is 12.5. The number of esters is 1. The number of pyridine rings is 1. The van der Waals surface area contributed by atoms with Gasteiger partial charge in [0.1, 0.15) is 0 Å². The Balaban J connectivity index is 0.00000364. The molecule has 1 amide bonds. The van der Waals surface area contributed by atoms with Gasteiger partial charge in [0.05, 0.1) is 25.1 Å². The highest BCUT2D eigenvalue weighted by atomic mass is 127. The van der Waals surface area contributed by atoms with E-state index in [0.29, 0.717) is 18.7 Å². The largest absolute Gasteiger partial charge is 0.469 e. The van der Waals surface area contributed by atoms with Crippen LogP contribution < -0.4 is 10.6 Å². The maximum atomic E-state index is 12.0. The van der Waals surface area contributed by atoms with Crippen molar-refractivity contribution < 1.29 is 14.3 Å². The van der Waals surface area contributed by atoms with Gasteiger partial charge in [0, 0.05) is 38.6 Å². The number of rotatable bonds is 6. The van der Waals surface area contributed by atoms with E-state index in [9.17, 15) is 9.59 Å². The van der Waals surface area contributed by atoms with Crippen LogP contribution in [0.3, 0.4) is 0 Å². The summed E-state index contributed by atoms with van der Waals surface area (Å²) in [4.78, 5) is 34.3. The van der Waals surface area contributed by atoms with Crippen molar-refractivity contribution in [3.05, 3.63) is 30.1 Å². The molecule has 0 saturated carbocycles. The van der Waals surface area contributed by atoms with Crippen molar-refractivity contribution in [3.63, 3.8) is 0 Å². The summed E-state index contributed by atoms with van der Waals surface area (Å²) in [5, 5.41) is 6.10. The summed E-state index contributed by atoms with van der Waals surface area (Å²) in [6.07, 6.45) is 4.69. The number of carbonyl (C=O) groups excluding carboxylic acids is 2. The highest BCUT2D eigenvalue weighted by Crippen LogP contribution is 2.18. The van der Waals surface area contributed by atoms with Gasteiger partial charge in [-0.25, -0.2) is 0 Å². The molecule has 1 aliphatic rings. The van der Waals surface area contributed by atoms with Crippen LogP contribution in [0, 0.1) is 5.92 Å². The first-order valence-corrected chi connectivity index (χ1v) is 8.95. The average molecular weight is 489 g/mol. The molecule has 0 aromatic carbocycles. The summed E-state index contributed by atoms with van der Waals surface area (Å²) >= 11 is 0. The number of likely N-dealkylation sites (tertiary alicyclic amines) is 1. The van der Waals surface area contributed by atoms with Crippen molar-refractivity contribution in [2.75, 3.05) is 39.8 Å². The molecule has 0 spiro atoms. The van der Waals surface area contributed by atoms with Crippen LogP contribution in [-0.4, -0.2) is 67.6 Å². The number of methoxy groups -OCH3 is 1. The molecule has 1 fully saturated rings. The van der Waals surface area contributed by atoms with Crippen LogP contribution in [0.2, 0.25) is 0 Å². The number of guanidine groups is 1. The lowest BCUT2D eigenvalue weighted by molar-refractivity contribution is -0.146. The van der Waals surface area contributed by atoms with E-state index in [1.54, 1.807) is 18.3 Å². The molecule has 1 aliphatic heterocycles. The second-order valence-electron chi connectivity index (χ2n) is 6.02. The quantitative estimate of drug-likeness (QED) is 0.206. The number of carbonyl (C=O) groups is 2. The Bertz CT molecular complexity index is 619. The summed E-state index contributed by atoms with van der Waals surface area (Å²) in [7, 11) is 1.43. The lowest BCUT2D eigenvalue weighted by Crippen LogP contribution is -2.47. The highest BCUT2D eigenvalue weighted by molar-refractivity contribution is 14.0. The third-order valence-corrected chi connectivity index (χ3v) is 4.25. The van der Waals surface area contributed by atoms with E-state index < -0.39 is 0 Å². The smallest absolute Gasteiger partial charge is 0.308 e. The monoisotopic (exact) mass is 489 g/mol. The molecule has 0 radical (unpaired) electrons. The van der Waals surface area contributed by atoms with Crippen molar-refractivity contribution in [1.82, 2.24) is 20.5 Å². The van der Waals surface area contributed by atoms with E-state index in [2.05, 4.69) is 25.5 Å². The minimum Gasteiger partial charge on any atom is -0.469 e. The summed E-state index contributed by atoms with van der Waals surface area (Å²) in [6, 6.07) is 3.45. The molecular weight excluding hydrogens is 461 g/mol. The van der Waals surface area contributed by atoms with Gasteiger partial charge in [0.15, 0.2) is 5.96 Å². The topological polar surface area (TPSA) is 95.9 Å². The lowest BCUT2D eigenvalue weighted by atomic mass is 9.97. The number of hydrogen-bond acceptors (Lipinski definition) is 5. The van der Waals surface area contributed by atoms with Gasteiger partial charge in [-0.2, -0.15) is 0 Å². The number of amides is 1. The predicted octanol–water partition coefficient (Wildman–Crippen LogP) is 1.28. The first-order chi connectivity index (χ1) is 12.7. The first-order valence-electron chi connectivity index (χ1n) is 8.95. The molecule has 1 saturated heterocycles. The van der Waals surface area contributed by atoms with Crippen LogP contribution in [0.1, 0.15) is 30.1 Å². The van der Waals surface area contributed by atoms with Gasteiger partial charge in [0.25, 0.3) is 5.91 Å². The van der Waals surface area contributed by atoms with Gasteiger partial charge < -0.3 is 20.3 Å². The van der Waals surface area contributed by atoms with Crippen molar-refractivity contribution in [2.45, 2.75) is 19.8 Å². The summed E-state index contributed by atoms with van der Waals surface area (Å²) in [5.41, 5.74) is 0.535. The third-order valence-electron chi connectivity index (χ3n) is 4.25. The van der Waals surface area contributed by atoms with E-state index in [-0.39, 0.29) is 41.8 Å². The zero-order chi connectivity index (χ0) is 18.8. The van der Waals surface area contributed by atoms with Gasteiger partial charge in [0.2, 0.25) is 0 Å². The minimum atomic E-state index is -0.155. The Morgan fingerprint density at radius 1 is 1.33 bits per heavy atom. The van der Waals surface area contributed by atoms with Gasteiger partial charge in [-0.1, -0.05) is 0 Å². The fourth-order valence-corrected chi connectivity index (χ4v) is 2.85. The van der Waals surface area contributed by atoms with Crippen molar-refractivity contribution in [1.29, 1.82) is 0 Å². The molecule has 27 heavy (non-hydrogen) atoms.